The van der Waals surface area contributed by atoms with Gasteiger partial charge in [0.2, 0.25) is 0 Å². The first-order valence-electron chi connectivity index (χ1n) is 4.01. The SMILES string of the molecule is C[C@@H]1CN(C)C[C@@H](C)N1C. The molecule has 0 aromatic heterocycles. The van der Waals surface area contributed by atoms with Crippen LogP contribution in [0.1, 0.15) is 13.8 Å². The fourth-order valence-corrected chi connectivity index (χ4v) is 1.67. The summed E-state index contributed by atoms with van der Waals surface area (Å²) in [6, 6.07) is 1.43. The van der Waals surface area contributed by atoms with Crippen molar-refractivity contribution in [2.24, 2.45) is 0 Å². The lowest BCUT2D eigenvalue weighted by Crippen LogP contribution is -2.53. The van der Waals surface area contributed by atoms with E-state index >= 15 is 0 Å². The molecule has 2 heteroatoms. The maximum Gasteiger partial charge on any atom is 0.0195 e. The molecule has 0 N–H and O–H groups in total. The third-order valence-corrected chi connectivity index (χ3v) is 2.54. The van der Waals surface area contributed by atoms with Gasteiger partial charge in [0, 0.05) is 25.2 Å². The second-order valence-electron chi connectivity index (χ2n) is 3.58. The summed E-state index contributed by atoms with van der Waals surface area (Å²) in [5.74, 6) is 0. The van der Waals surface area contributed by atoms with Crippen molar-refractivity contribution in [3.8, 4) is 0 Å². The first-order chi connectivity index (χ1) is 4.61. The lowest BCUT2D eigenvalue weighted by Gasteiger charge is -2.40. The van der Waals surface area contributed by atoms with E-state index in [0.717, 1.165) is 0 Å². The van der Waals surface area contributed by atoms with Gasteiger partial charge in [0.25, 0.3) is 0 Å². The van der Waals surface area contributed by atoms with E-state index in [9.17, 15) is 0 Å². The Kier molecular flexibility index (Phi) is 2.32. The van der Waals surface area contributed by atoms with Crippen LogP contribution in [0.2, 0.25) is 0 Å². The van der Waals surface area contributed by atoms with Crippen molar-refractivity contribution < 1.29 is 0 Å². The standard InChI is InChI=1S/C8H18N2/c1-7-5-9(3)6-8(2)10(7)4/h7-8H,5-6H2,1-4H3/t7-,8-/m1/s1. The van der Waals surface area contributed by atoms with Crippen molar-refractivity contribution in [3.05, 3.63) is 0 Å². The molecule has 2 atom stereocenters. The summed E-state index contributed by atoms with van der Waals surface area (Å²) in [4.78, 5) is 4.84. The van der Waals surface area contributed by atoms with Crippen LogP contribution in [0.5, 0.6) is 0 Å². The molecule has 1 aliphatic heterocycles. The largest absolute Gasteiger partial charge is 0.303 e. The van der Waals surface area contributed by atoms with E-state index in [2.05, 4.69) is 37.7 Å². The van der Waals surface area contributed by atoms with Gasteiger partial charge in [0.05, 0.1) is 0 Å². The summed E-state index contributed by atoms with van der Waals surface area (Å²) >= 11 is 0. The molecule has 1 rings (SSSR count). The second-order valence-corrected chi connectivity index (χ2v) is 3.58. The highest BCUT2D eigenvalue weighted by Crippen LogP contribution is 2.10. The van der Waals surface area contributed by atoms with E-state index in [0.29, 0.717) is 12.1 Å². The van der Waals surface area contributed by atoms with Crippen molar-refractivity contribution in [2.45, 2.75) is 25.9 Å². The van der Waals surface area contributed by atoms with E-state index in [1.54, 1.807) is 0 Å². The number of likely N-dealkylation sites (N-methyl/N-ethyl adjacent to an activating group) is 2. The van der Waals surface area contributed by atoms with Crippen molar-refractivity contribution in [3.63, 3.8) is 0 Å². The van der Waals surface area contributed by atoms with Crippen LogP contribution >= 0.6 is 0 Å². The number of nitrogens with zero attached hydrogens (tertiary/aromatic N) is 2. The lowest BCUT2D eigenvalue weighted by atomic mass is 10.1. The van der Waals surface area contributed by atoms with Gasteiger partial charge >= 0.3 is 0 Å². The number of piperazine rings is 1. The molecule has 10 heavy (non-hydrogen) atoms. The highest BCUT2D eigenvalue weighted by Gasteiger charge is 2.23. The van der Waals surface area contributed by atoms with E-state index < -0.39 is 0 Å². The van der Waals surface area contributed by atoms with Crippen molar-refractivity contribution >= 4 is 0 Å². The lowest BCUT2D eigenvalue weighted by molar-refractivity contribution is 0.0761. The molecule has 0 amide bonds. The minimum atomic E-state index is 0.716. The van der Waals surface area contributed by atoms with Crippen LogP contribution in [-0.4, -0.2) is 49.1 Å². The fraction of sp³-hybridized carbons (Fsp3) is 1.00. The predicted octanol–water partition coefficient (Wildman–Crippen LogP) is 0.641. The Morgan fingerprint density at radius 2 is 1.40 bits per heavy atom. The number of hydrogen-bond donors (Lipinski definition) is 0. The molecule has 0 aliphatic carbocycles. The van der Waals surface area contributed by atoms with Gasteiger partial charge in [-0.15, -0.1) is 0 Å². The second kappa shape index (κ2) is 2.89. The Morgan fingerprint density at radius 3 is 1.80 bits per heavy atom. The quantitative estimate of drug-likeness (QED) is 0.490. The highest BCUT2D eigenvalue weighted by molar-refractivity contribution is 4.80. The van der Waals surface area contributed by atoms with Crippen LogP contribution in [0.15, 0.2) is 0 Å². The van der Waals surface area contributed by atoms with Gasteiger partial charge in [0.1, 0.15) is 0 Å². The zero-order valence-corrected chi connectivity index (χ0v) is 7.46. The summed E-state index contributed by atoms with van der Waals surface area (Å²) in [7, 11) is 4.41. The molecule has 0 bridgehead atoms. The van der Waals surface area contributed by atoms with Crippen LogP contribution in [0, 0.1) is 0 Å². The molecule has 1 fully saturated rings. The minimum Gasteiger partial charge on any atom is -0.303 e. The Bertz CT molecular complexity index is 102. The molecule has 0 unspecified atom stereocenters. The summed E-state index contributed by atoms with van der Waals surface area (Å²) in [5, 5.41) is 0. The van der Waals surface area contributed by atoms with E-state index in [4.69, 9.17) is 0 Å². The van der Waals surface area contributed by atoms with Crippen molar-refractivity contribution in [2.75, 3.05) is 27.2 Å². The predicted molar refractivity (Wildman–Crippen MR) is 44.2 cm³/mol. The van der Waals surface area contributed by atoms with Crippen LogP contribution in [-0.2, 0) is 0 Å². The van der Waals surface area contributed by atoms with Gasteiger partial charge in [0.15, 0.2) is 0 Å². The smallest absolute Gasteiger partial charge is 0.0195 e. The summed E-state index contributed by atoms with van der Waals surface area (Å²) < 4.78 is 0. The molecule has 60 valence electrons. The van der Waals surface area contributed by atoms with Crippen LogP contribution in [0.25, 0.3) is 0 Å². The molecule has 1 saturated heterocycles. The Labute approximate surface area is 63.8 Å². The fourth-order valence-electron chi connectivity index (χ4n) is 1.67. The number of hydrogen-bond acceptors (Lipinski definition) is 2. The number of rotatable bonds is 0. The molecule has 2 nitrogen and oxygen atoms in total. The molecule has 0 saturated carbocycles. The molecule has 1 aliphatic rings. The van der Waals surface area contributed by atoms with Gasteiger partial charge in [-0.2, -0.15) is 0 Å². The van der Waals surface area contributed by atoms with Crippen LogP contribution in [0.4, 0.5) is 0 Å². The van der Waals surface area contributed by atoms with Gasteiger partial charge in [-0.3, -0.25) is 4.90 Å². The molecule has 1 heterocycles. The van der Waals surface area contributed by atoms with Gasteiger partial charge < -0.3 is 4.90 Å². The summed E-state index contributed by atoms with van der Waals surface area (Å²) in [5.41, 5.74) is 0. The molecule has 0 radical (unpaired) electrons. The van der Waals surface area contributed by atoms with Crippen LogP contribution < -0.4 is 0 Å². The molecule has 0 aromatic carbocycles. The zero-order chi connectivity index (χ0) is 7.72. The van der Waals surface area contributed by atoms with E-state index in [1.807, 2.05) is 0 Å². The Morgan fingerprint density at radius 1 is 1.00 bits per heavy atom. The van der Waals surface area contributed by atoms with E-state index in [1.165, 1.54) is 13.1 Å². The van der Waals surface area contributed by atoms with Crippen molar-refractivity contribution in [1.82, 2.24) is 9.80 Å². The topological polar surface area (TPSA) is 6.48 Å². The first kappa shape index (κ1) is 8.02. The first-order valence-corrected chi connectivity index (χ1v) is 4.01. The summed E-state index contributed by atoms with van der Waals surface area (Å²) in [6.45, 7) is 6.99. The minimum absolute atomic E-state index is 0.716. The Hall–Kier alpha value is -0.0800. The maximum absolute atomic E-state index is 2.44. The monoisotopic (exact) mass is 142 g/mol. The van der Waals surface area contributed by atoms with Gasteiger partial charge in [-0.05, 0) is 27.9 Å². The molecular formula is C8H18N2. The summed E-state index contributed by atoms with van der Waals surface area (Å²) in [6.07, 6.45) is 0. The Balaban J connectivity index is 2.49. The highest BCUT2D eigenvalue weighted by atomic mass is 15.3. The zero-order valence-electron chi connectivity index (χ0n) is 7.46. The van der Waals surface area contributed by atoms with Crippen molar-refractivity contribution in [1.29, 1.82) is 0 Å². The van der Waals surface area contributed by atoms with Gasteiger partial charge in [-0.25, -0.2) is 0 Å². The third kappa shape index (κ3) is 1.50. The van der Waals surface area contributed by atoms with Crippen LogP contribution in [0.3, 0.4) is 0 Å². The average molecular weight is 142 g/mol. The van der Waals surface area contributed by atoms with Gasteiger partial charge in [-0.1, -0.05) is 0 Å². The maximum atomic E-state index is 2.44. The molecular weight excluding hydrogens is 124 g/mol. The average Bonchev–Trinajstić information content (AvgIpc) is 1.82. The van der Waals surface area contributed by atoms with E-state index in [-0.39, 0.29) is 0 Å². The molecule has 0 aromatic rings. The normalized spacial score (nSPS) is 38.4. The molecule has 0 spiro atoms. The third-order valence-electron chi connectivity index (χ3n) is 2.54.